The van der Waals surface area contributed by atoms with Crippen molar-refractivity contribution in [2.75, 3.05) is 5.75 Å². The van der Waals surface area contributed by atoms with Crippen LogP contribution in [0.15, 0.2) is 69.3 Å². The molecule has 2 aromatic heterocycles. The minimum atomic E-state index is -0.639. The van der Waals surface area contributed by atoms with Gasteiger partial charge in [0.1, 0.15) is 11.6 Å². The topological polar surface area (TPSA) is 126 Å². The lowest BCUT2D eigenvalue weighted by molar-refractivity contribution is -0.118. The van der Waals surface area contributed by atoms with Gasteiger partial charge in [0, 0.05) is 35.4 Å². The third kappa shape index (κ3) is 5.80. The van der Waals surface area contributed by atoms with Gasteiger partial charge < -0.3 is 10.3 Å². The summed E-state index contributed by atoms with van der Waals surface area (Å²) in [6.45, 7) is 0.283. The highest BCUT2D eigenvalue weighted by molar-refractivity contribution is 7.99. The van der Waals surface area contributed by atoms with E-state index in [9.17, 15) is 18.8 Å². The summed E-state index contributed by atoms with van der Waals surface area (Å²) in [6.07, 6.45) is 0.0861. The summed E-state index contributed by atoms with van der Waals surface area (Å²) in [4.78, 5) is 40.3. The number of benzene rings is 2. The van der Waals surface area contributed by atoms with Crippen LogP contribution in [-0.4, -0.2) is 36.4 Å². The quantitative estimate of drug-likeness (QED) is 0.319. The predicted octanol–water partition coefficient (Wildman–Crippen LogP) is 2.44. The lowest BCUT2D eigenvalue weighted by Gasteiger charge is -2.11. The van der Waals surface area contributed by atoms with Gasteiger partial charge in [0.25, 0.3) is 5.56 Å². The van der Waals surface area contributed by atoms with E-state index in [1.165, 1.54) is 18.2 Å². The Hall–Kier alpha value is -3.70. The molecule has 0 saturated heterocycles. The number of nitrogens with zero attached hydrogens (tertiary/aromatic N) is 3. The van der Waals surface area contributed by atoms with E-state index in [-0.39, 0.29) is 24.6 Å². The van der Waals surface area contributed by atoms with Crippen molar-refractivity contribution in [1.82, 2.24) is 30.0 Å². The minimum Gasteiger partial charge on any atom is -0.351 e. The summed E-state index contributed by atoms with van der Waals surface area (Å²) >= 11 is 7.26. The number of carbonyl (C=O) groups excluding carboxylic acids is 1. The van der Waals surface area contributed by atoms with E-state index in [1.807, 2.05) is 18.2 Å². The maximum Gasteiger partial charge on any atom is 0.325 e. The van der Waals surface area contributed by atoms with Crippen LogP contribution >= 0.6 is 23.4 Å². The molecular formula is C22H18ClFN6O3S. The number of hydrogen-bond acceptors (Lipinski definition) is 6. The number of hydrogen-bond donors (Lipinski definition) is 3. The maximum atomic E-state index is 13.5. The number of thioether (sulfide) groups is 1. The standard InChI is InChI=1S/C22H18ClFN6O3S/c23-17-4-2-1-3-13(17)11-25-20(32)12-34-22-29-28-18(9-15-10-19(31)27-21(33)26-15)30(22)16-7-5-14(24)6-8-16/h1-8,10H,9,11-12H2,(H,25,32)(H2,26,27,31,33). The Labute approximate surface area is 201 Å². The normalized spacial score (nSPS) is 10.9. The van der Waals surface area contributed by atoms with Gasteiger partial charge in [-0.1, -0.05) is 41.6 Å². The molecule has 4 rings (SSSR count). The Morgan fingerprint density at radius 3 is 2.59 bits per heavy atom. The molecule has 0 radical (unpaired) electrons. The van der Waals surface area contributed by atoms with Crippen molar-refractivity contribution >= 4 is 29.3 Å². The molecule has 0 bridgehead atoms. The lowest BCUT2D eigenvalue weighted by Crippen LogP contribution is -2.25. The van der Waals surface area contributed by atoms with Gasteiger partial charge in [-0.3, -0.25) is 19.1 Å². The van der Waals surface area contributed by atoms with Gasteiger partial charge in [0.15, 0.2) is 5.16 Å². The number of aromatic amines is 2. The van der Waals surface area contributed by atoms with Crippen LogP contribution in [0.25, 0.3) is 5.69 Å². The van der Waals surface area contributed by atoms with Crippen molar-refractivity contribution in [1.29, 1.82) is 0 Å². The Bertz CT molecular complexity index is 1410. The second kappa shape index (κ2) is 10.5. The zero-order chi connectivity index (χ0) is 24.1. The third-order valence-electron chi connectivity index (χ3n) is 4.72. The van der Waals surface area contributed by atoms with E-state index in [1.54, 1.807) is 22.8 Å². The summed E-state index contributed by atoms with van der Waals surface area (Å²) in [5.74, 6) is -0.206. The molecule has 0 fully saturated rings. The summed E-state index contributed by atoms with van der Waals surface area (Å²) in [7, 11) is 0. The van der Waals surface area contributed by atoms with Gasteiger partial charge in [-0.15, -0.1) is 10.2 Å². The summed E-state index contributed by atoms with van der Waals surface area (Å²) in [6, 6.07) is 14.1. The number of carbonyl (C=O) groups is 1. The van der Waals surface area contributed by atoms with Crippen LogP contribution in [0.1, 0.15) is 17.1 Å². The van der Waals surface area contributed by atoms with Crippen LogP contribution in [0, 0.1) is 5.82 Å². The number of amides is 1. The molecule has 0 saturated carbocycles. The molecule has 4 aromatic rings. The molecule has 0 spiro atoms. The monoisotopic (exact) mass is 500 g/mol. The number of aromatic nitrogens is 5. The van der Waals surface area contributed by atoms with Gasteiger partial charge in [-0.25, -0.2) is 9.18 Å². The van der Waals surface area contributed by atoms with Gasteiger partial charge in [0.2, 0.25) is 5.91 Å². The predicted molar refractivity (Wildman–Crippen MR) is 126 cm³/mol. The number of rotatable bonds is 8. The van der Waals surface area contributed by atoms with E-state index in [4.69, 9.17) is 11.6 Å². The zero-order valence-corrected chi connectivity index (χ0v) is 19.1. The highest BCUT2D eigenvalue weighted by atomic mass is 35.5. The fourth-order valence-corrected chi connectivity index (χ4v) is 4.16. The molecule has 1 amide bonds. The Balaban J connectivity index is 1.54. The van der Waals surface area contributed by atoms with Crippen LogP contribution in [0.2, 0.25) is 5.02 Å². The van der Waals surface area contributed by atoms with Gasteiger partial charge in [0.05, 0.1) is 5.75 Å². The maximum absolute atomic E-state index is 13.5. The summed E-state index contributed by atoms with van der Waals surface area (Å²) in [5.41, 5.74) is 0.508. The fourth-order valence-electron chi connectivity index (χ4n) is 3.16. The highest BCUT2D eigenvalue weighted by Gasteiger charge is 2.17. The molecule has 0 atom stereocenters. The molecule has 12 heteroatoms. The average molecular weight is 501 g/mol. The first-order chi connectivity index (χ1) is 16.4. The van der Waals surface area contributed by atoms with Crippen LogP contribution in [0.4, 0.5) is 4.39 Å². The van der Waals surface area contributed by atoms with Crippen LogP contribution in [0.5, 0.6) is 0 Å². The van der Waals surface area contributed by atoms with E-state index in [2.05, 4.69) is 25.5 Å². The molecule has 0 unspecified atom stereocenters. The van der Waals surface area contributed by atoms with Crippen molar-refractivity contribution in [3.05, 3.63) is 103 Å². The van der Waals surface area contributed by atoms with E-state index < -0.39 is 17.1 Å². The smallest absolute Gasteiger partial charge is 0.325 e. The molecule has 174 valence electrons. The first kappa shape index (κ1) is 23.5. The number of H-pyrrole nitrogens is 2. The zero-order valence-electron chi connectivity index (χ0n) is 17.5. The van der Waals surface area contributed by atoms with E-state index in [0.717, 1.165) is 17.3 Å². The van der Waals surface area contributed by atoms with Crippen molar-refractivity contribution in [3.8, 4) is 5.69 Å². The molecule has 9 nitrogen and oxygen atoms in total. The minimum absolute atomic E-state index is 0.0472. The van der Waals surface area contributed by atoms with Crippen molar-refractivity contribution in [3.63, 3.8) is 0 Å². The molecule has 2 heterocycles. The molecule has 0 aliphatic heterocycles. The molecule has 0 aliphatic carbocycles. The second-order valence-corrected chi connectivity index (χ2v) is 8.51. The first-order valence-electron chi connectivity index (χ1n) is 10.0. The van der Waals surface area contributed by atoms with Crippen LogP contribution < -0.4 is 16.6 Å². The van der Waals surface area contributed by atoms with Crippen LogP contribution in [0.3, 0.4) is 0 Å². The first-order valence-corrected chi connectivity index (χ1v) is 11.4. The molecule has 3 N–H and O–H groups in total. The van der Waals surface area contributed by atoms with Gasteiger partial charge >= 0.3 is 5.69 Å². The second-order valence-electron chi connectivity index (χ2n) is 7.16. The van der Waals surface area contributed by atoms with Crippen molar-refractivity contribution < 1.29 is 9.18 Å². The van der Waals surface area contributed by atoms with E-state index in [0.29, 0.717) is 27.4 Å². The largest absolute Gasteiger partial charge is 0.351 e. The highest BCUT2D eigenvalue weighted by Crippen LogP contribution is 2.23. The van der Waals surface area contributed by atoms with Gasteiger partial charge in [-0.2, -0.15) is 0 Å². The molecule has 34 heavy (non-hydrogen) atoms. The van der Waals surface area contributed by atoms with Crippen molar-refractivity contribution in [2.45, 2.75) is 18.1 Å². The summed E-state index contributed by atoms with van der Waals surface area (Å²) < 4.78 is 15.1. The number of nitrogens with one attached hydrogen (secondary N) is 3. The lowest BCUT2D eigenvalue weighted by atomic mass is 10.2. The SMILES string of the molecule is O=C(CSc1nnc(Cc2cc(=O)[nH]c(=O)[nH]2)n1-c1ccc(F)cc1)NCc1ccccc1Cl. The Morgan fingerprint density at radius 2 is 1.85 bits per heavy atom. The van der Waals surface area contributed by atoms with Crippen LogP contribution in [-0.2, 0) is 17.8 Å². The Morgan fingerprint density at radius 1 is 1.09 bits per heavy atom. The van der Waals surface area contributed by atoms with Gasteiger partial charge in [-0.05, 0) is 35.9 Å². The van der Waals surface area contributed by atoms with E-state index >= 15 is 0 Å². The molecule has 0 aliphatic rings. The van der Waals surface area contributed by atoms with Crippen molar-refractivity contribution in [2.24, 2.45) is 0 Å². The molecular weight excluding hydrogens is 483 g/mol. The average Bonchev–Trinajstić information content (AvgIpc) is 3.19. The molecule has 2 aromatic carbocycles. The summed E-state index contributed by atoms with van der Waals surface area (Å²) in [5, 5.41) is 12.1. The fraction of sp³-hybridized carbons (Fsp3) is 0.136. The Kier molecular flexibility index (Phi) is 7.24. The third-order valence-corrected chi connectivity index (χ3v) is 6.01. The number of halogens is 2.